The summed E-state index contributed by atoms with van der Waals surface area (Å²) in [7, 11) is -9.36. The van der Waals surface area contributed by atoms with Crippen LogP contribution < -0.4 is 4.74 Å². The van der Waals surface area contributed by atoms with Crippen LogP contribution in [0.25, 0.3) is 0 Å². The Bertz CT molecular complexity index is 1350. The van der Waals surface area contributed by atoms with Crippen molar-refractivity contribution in [2.24, 2.45) is 23.7 Å². The van der Waals surface area contributed by atoms with Gasteiger partial charge in [-0.3, -0.25) is 27.8 Å². The third kappa shape index (κ3) is 13.2. The molecule has 2 aromatic rings. The zero-order valence-corrected chi connectivity index (χ0v) is 29.0. The van der Waals surface area contributed by atoms with Crippen molar-refractivity contribution in [3.05, 3.63) is 60.2 Å². The van der Waals surface area contributed by atoms with E-state index in [0.29, 0.717) is 17.1 Å². The second kappa shape index (κ2) is 17.2. The summed E-state index contributed by atoms with van der Waals surface area (Å²) in [5.41, 5.74) is -0.724. The Morgan fingerprint density at radius 3 is 1.69 bits per heavy atom. The van der Waals surface area contributed by atoms with Crippen molar-refractivity contribution < 1.29 is 50.4 Å². The van der Waals surface area contributed by atoms with Crippen LogP contribution >= 0.6 is 7.60 Å². The van der Waals surface area contributed by atoms with Gasteiger partial charge < -0.3 is 14.2 Å². The Kier molecular flexibility index (Phi) is 14.7. The first-order chi connectivity index (χ1) is 20.9. The van der Waals surface area contributed by atoms with E-state index in [1.54, 1.807) is 91.8 Å². The number of ether oxygens (including phenoxy) is 3. The van der Waals surface area contributed by atoms with Crippen molar-refractivity contribution in [2.45, 2.75) is 86.5 Å². The van der Waals surface area contributed by atoms with Crippen LogP contribution in [0.5, 0.6) is 11.5 Å². The smallest absolute Gasteiger partial charge is 0.341 e. The van der Waals surface area contributed by atoms with Crippen molar-refractivity contribution in [1.82, 2.24) is 0 Å². The summed E-state index contributed by atoms with van der Waals surface area (Å²) in [6, 6.07) is 16.2. The summed E-state index contributed by atoms with van der Waals surface area (Å²) >= 11 is 0. The molecule has 2 rings (SSSR count). The second-order valence-electron chi connectivity index (χ2n) is 12.2. The van der Waals surface area contributed by atoms with Crippen molar-refractivity contribution >= 4 is 29.7 Å². The fourth-order valence-corrected chi connectivity index (χ4v) is 7.78. The quantitative estimate of drug-likeness (QED) is 0.0738. The van der Waals surface area contributed by atoms with Crippen molar-refractivity contribution in [2.75, 3.05) is 5.75 Å². The Labute approximate surface area is 267 Å². The van der Waals surface area contributed by atoms with Gasteiger partial charge in [-0.15, -0.1) is 0 Å². The number of hydrogen-bond donors (Lipinski definition) is 1. The lowest BCUT2D eigenvalue weighted by Crippen LogP contribution is -2.35. The number of esters is 2. The number of hydrogen-bond acceptors (Lipinski definition) is 10. The molecule has 11 nitrogen and oxygen atoms in total. The van der Waals surface area contributed by atoms with Gasteiger partial charge in [-0.1, -0.05) is 85.7 Å². The molecule has 0 radical (unpaired) electrons. The lowest BCUT2D eigenvalue weighted by Gasteiger charge is -2.34. The van der Waals surface area contributed by atoms with Gasteiger partial charge in [0.1, 0.15) is 11.5 Å². The highest BCUT2D eigenvalue weighted by molar-refractivity contribution is 7.86. The normalized spacial score (nSPS) is 15.5. The van der Waals surface area contributed by atoms with Crippen LogP contribution in [-0.2, 0) is 49.2 Å². The molecule has 0 spiro atoms. The summed E-state index contributed by atoms with van der Waals surface area (Å²) in [4.78, 5) is 25.0. The zero-order chi connectivity index (χ0) is 33.9. The zero-order valence-electron chi connectivity index (χ0n) is 27.2. The second-order valence-corrected chi connectivity index (χ2v) is 15.9. The standard InChI is InChI=1S/C32H47O11PS/c1-21(2)29(33)40-31(23(5)6)42-44(35,43-32(24(7)8)41-30(34)22(3)4)28(20-45(36,37)38)18-17-25-13-12-16-27(19-25)39-26-14-10-9-11-15-26/h9-16,19,21-24,28,31-32H,17-18,20H2,1-8H3,(H,36,37,38). The maximum absolute atomic E-state index is 14.8. The maximum atomic E-state index is 14.8. The molecule has 0 bridgehead atoms. The van der Waals surface area contributed by atoms with Gasteiger partial charge in [-0.2, -0.15) is 8.42 Å². The highest BCUT2D eigenvalue weighted by atomic mass is 32.2. The number of rotatable bonds is 18. The van der Waals surface area contributed by atoms with Gasteiger partial charge in [0.05, 0.1) is 23.2 Å². The minimum atomic E-state index is -4.72. The predicted molar refractivity (Wildman–Crippen MR) is 170 cm³/mol. The molecule has 252 valence electrons. The molecule has 0 saturated carbocycles. The largest absolute Gasteiger partial charge is 0.457 e. The summed E-state index contributed by atoms with van der Waals surface area (Å²) in [6.45, 7) is 13.1. The van der Waals surface area contributed by atoms with Crippen LogP contribution in [0, 0.1) is 23.7 Å². The van der Waals surface area contributed by atoms with Gasteiger partial charge in [0.15, 0.2) is 0 Å². The highest BCUT2D eigenvalue weighted by Crippen LogP contribution is 2.58. The Morgan fingerprint density at radius 2 is 1.24 bits per heavy atom. The molecule has 0 aliphatic rings. The lowest BCUT2D eigenvalue weighted by atomic mass is 10.1. The molecule has 0 fully saturated rings. The molecule has 0 heterocycles. The minimum absolute atomic E-state index is 0.0995. The van der Waals surface area contributed by atoms with E-state index in [0.717, 1.165) is 0 Å². The molecule has 3 unspecified atom stereocenters. The molecule has 1 N–H and O–H groups in total. The Hall–Kier alpha value is -2.76. The molecule has 13 heteroatoms. The van der Waals surface area contributed by atoms with Crippen LogP contribution in [0.2, 0.25) is 0 Å². The van der Waals surface area contributed by atoms with E-state index in [1.165, 1.54) is 0 Å². The summed E-state index contributed by atoms with van der Waals surface area (Å²) < 4.78 is 78.1. The van der Waals surface area contributed by atoms with E-state index in [4.69, 9.17) is 23.3 Å². The van der Waals surface area contributed by atoms with E-state index in [2.05, 4.69) is 0 Å². The minimum Gasteiger partial charge on any atom is -0.457 e. The average Bonchev–Trinajstić information content (AvgIpc) is 2.94. The van der Waals surface area contributed by atoms with E-state index in [9.17, 15) is 27.1 Å². The topological polar surface area (TPSA) is 152 Å². The number of aryl methyl sites for hydroxylation is 1. The van der Waals surface area contributed by atoms with Gasteiger partial charge in [0.25, 0.3) is 10.1 Å². The predicted octanol–water partition coefficient (Wildman–Crippen LogP) is 7.26. The van der Waals surface area contributed by atoms with Crippen molar-refractivity contribution in [1.29, 1.82) is 0 Å². The molecular formula is C32H47O11PS. The van der Waals surface area contributed by atoms with Crippen molar-refractivity contribution in [3.63, 3.8) is 0 Å². The van der Waals surface area contributed by atoms with Crippen LogP contribution in [-0.4, -0.2) is 48.9 Å². The molecule has 2 aromatic carbocycles. The maximum Gasteiger partial charge on any atom is 0.341 e. The van der Waals surface area contributed by atoms with Gasteiger partial charge in [0.2, 0.25) is 12.6 Å². The van der Waals surface area contributed by atoms with E-state index in [1.807, 2.05) is 18.2 Å². The van der Waals surface area contributed by atoms with Crippen LogP contribution in [0.15, 0.2) is 54.6 Å². The fourth-order valence-electron chi connectivity index (χ4n) is 3.84. The molecule has 45 heavy (non-hydrogen) atoms. The molecule has 0 amide bonds. The third-order valence-corrected chi connectivity index (χ3v) is 9.90. The van der Waals surface area contributed by atoms with Crippen LogP contribution in [0.1, 0.15) is 67.4 Å². The van der Waals surface area contributed by atoms with E-state index < -0.39 is 77.3 Å². The molecular weight excluding hydrogens is 623 g/mol. The lowest BCUT2D eigenvalue weighted by molar-refractivity contribution is -0.183. The molecule has 0 aromatic heterocycles. The first-order valence-corrected chi connectivity index (χ1v) is 18.3. The van der Waals surface area contributed by atoms with Gasteiger partial charge in [0, 0.05) is 11.8 Å². The fraction of sp³-hybridized carbons (Fsp3) is 0.562. The SMILES string of the molecule is CC(C)C(=O)OC(OP(=O)(OC(OC(=O)C(C)C)C(C)C)C(CCc1cccc(Oc2ccccc2)c1)CS(=O)(=O)O)C(C)C. The van der Waals surface area contributed by atoms with Crippen LogP contribution in [0.3, 0.4) is 0 Å². The Balaban J connectivity index is 2.51. The first kappa shape index (κ1) is 38.4. The molecule has 0 aliphatic heterocycles. The summed E-state index contributed by atoms with van der Waals surface area (Å²) in [6.07, 6.45) is -2.71. The van der Waals surface area contributed by atoms with Crippen LogP contribution in [0.4, 0.5) is 0 Å². The molecule has 3 atom stereocenters. The number of para-hydroxylation sites is 1. The summed E-state index contributed by atoms with van der Waals surface area (Å²) in [5.74, 6) is -3.23. The number of carbonyl (C=O) groups is 2. The molecule has 0 aliphatic carbocycles. The Morgan fingerprint density at radius 1 is 0.756 bits per heavy atom. The number of carbonyl (C=O) groups excluding carboxylic acids is 2. The third-order valence-electron chi connectivity index (χ3n) is 6.49. The first-order valence-electron chi connectivity index (χ1n) is 15.0. The number of benzene rings is 2. The van der Waals surface area contributed by atoms with Crippen molar-refractivity contribution in [3.8, 4) is 11.5 Å². The monoisotopic (exact) mass is 670 g/mol. The van der Waals surface area contributed by atoms with Gasteiger partial charge >= 0.3 is 19.5 Å². The average molecular weight is 671 g/mol. The highest BCUT2D eigenvalue weighted by Gasteiger charge is 2.45. The summed E-state index contributed by atoms with van der Waals surface area (Å²) in [5, 5.41) is 0. The van der Waals surface area contributed by atoms with E-state index >= 15 is 0 Å². The van der Waals surface area contributed by atoms with Gasteiger partial charge in [-0.25, -0.2) is 0 Å². The van der Waals surface area contributed by atoms with E-state index in [-0.39, 0.29) is 12.8 Å². The van der Waals surface area contributed by atoms with Gasteiger partial charge in [-0.05, 0) is 42.7 Å². The molecule has 0 saturated heterocycles.